The van der Waals surface area contributed by atoms with Crippen molar-refractivity contribution in [2.45, 2.75) is 53.0 Å². The minimum Gasteiger partial charge on any atom is -0.490 e. The van der Waals surface area contributed by atoms with E-state index in [1.54, 1.807) is 0 Å². The van der Waals surface area contributed by atoms with Crippen LogP contribution >= 0.6 is 15.9 Å². The second-order valence-corrected chi connectivity index (χ2v) is 5.79. The van der Waals surface area contributed by atoms with Gasteiger partial charge in [0.25, 0.3) is 0 Å². The van der Waals surface area contributed by atoms with Gasteiger partial charge in [0.15, 0.2) is 11.5 Å². The first kappa shape index (κ1) is 18.3. The number of unbranched alkanes of at least 4 members (excludes halogenated alkanes) is 1. The molecule has 120 valence electrons. The molecule has 0 fully saturated rings. The summed E-state index contributed by atoms with van der Waals surface area (Å²) in [6.07, 6.45) is 3.54. The van der Waals surface area contributed by atoms with E-state index in [0.717, 1.165) is 28.9 Å². The molecule has 0 saturated heterocycles. The molecule has 1 aromatic carbocycles. The lowest BCUT2D eigenvalue weighted by atomic mass is 10.0. The maximum absolute atomic E-state index is 5.74. The Bertz CT molecular complexity index is 423. The molecule has 0 amide bonds. The van der Waals surface area contributed by atoms with Crippen molar-refractivity contribution >= 4 is 15.9 Å². The highest BCUT2D eigenvalue weighted by Crippen LogP contribution is 2.37. The van der Waals surface area contributed by atoms with Gasteiger partial charge in [0.05, 0.1) is 13.2 Å². The summed E-state index contributed by atoms with van der Waals surface area (Å²) in [5, 5.41) is 3.57. The summed E-state index contributed by atoms with van der Waals surface area (Å²) in [5.74, 6) is 1.64. The van der Waals surface area contributed by atoms with Gasteiger partial charge in [-0.05, 0) is 44.5 Å². The fraction of sp³-hybridized carbons (Fsp3) is 0.647. The van der Waals surface area contributed by atoms with Crippen LogP contribution in [0.15, 0.2) is 16.6 Å². The first-order chi connectivity index (χ1) is 10.2. The largest absolute Gasteiger partial charge is 0.490 e. The second-order valence-electron chi connectivity index (χ2n) is 4.94. The summed E-state index contributed by atoms with van der Waals surface area (Å²) in [7, 11) is 0. The number of hydrogen-bond acceptors (Lipinski definition) is 3. The van der Waals surface area contributed by atoms with Gasteiger partial charge in [-0.3, -0.25) is 0 Å². The highest BCUT2D eigenvalue weighted by atomic mass is 79.9. The predicted octanol–water partition coefficient (Wildman–Crippen LogP) is 5.09. The zero-order chi connectivity index (χ0) is 15.7. The van der Waals surface area contributed by atoms with E-state index in [2.05, 4.69) is 41.2 Å². The fourth-order valence-electron chi connectivity index (χ4n) is 2.38. The lowest BCUT2D eigenvalue weighted by Crippen LogP contribution is -2.21. The Labute approximate surface area is 137 Å². The van der Waals surface area contributed by atoms with Crippen molar-refractivity contribution in [3.05, 3.63) is 22.2 Å². The van der Waals surface area contributed by atoms with E-state index in [9.17, 15) is 0 Å². The van der Waals surface area contributed by atoms with Crippen molar-refractivity contribution in [1.82, 2.24) is 5.32 Å². The smallest absolute Gasteiger partial charge is 0.162 e. The molecule has 0 saturated carbocycles. The SMILES string of the molecule is CCCCC(NCC)c1cc(OCC)c(OCC)cc1Br. The van der Waals surface area contributed by atoms with Crippen molar-refractivity contribution in [2.24, 2.45) is 0 Å². The highest BCUT2D eigenvalue weighted by molar-refractivity contribution is 9.10. The summed E-state index contributed by atoms with van der Waals surface area (Å²) in [4.78, 5) is 0. The first-order valence-corrected chi connectivity index (χ1v) is 8.79. The topological polar surface area (TPSA) is 30.5 Å². The molecular weight excluding hydrogens is 330 g/mol. The normalized spacial score (nSPS) is 12.2. The van der Waals surface area contributed by atoms with Crippen molar-refractivity contribution in [3.8, 4) is 11.5 Å². The average Bonchev–Trinajstić information content (AvgIpc) is 2.47. The number of rotatable bonds is 10. The first-order valence-electron chi connectivity index (χ1n) is 8.00. The van der Waals surface area contributed by atoms with Crippen molar-refractivity contribution in [2.75, 3.05) is 19.8 Å². The molecule has 0 bridgehead atoms. The Kier molecular flexibility index (Phi) is 8.77. The minimum atomic E-state index is 0.346. The summed E-state index contributed by atoms with van der Waals surface area (Å²) in [6, 6.07) is 4.49. The van der Waals surface area contributed by atoms with Crippen LogP contribution in [-0.4, -0.2) is 19.8 Å². The molecule has 21 heavy (non-hydrogen) atoms. The van der Waals surface area contributed by atoms with E-state index in [-0.39, 0.29) is 0 Å². The van der Waals surface area contributed by atoms with Crippen LogP contribution in [0.3, 0.4) is 0 Å². The summed E-state index contributed by atoms with van der Waals surface area (Å²) in [6.45, 7) is 10.6. The maximum Gasteiger partial charge on any atom is 0.162 e. The molecule has 0 aliphatic heterocycles. The molecule has 0 aliphatic rings. The van der Waals surface area contributed by atoms with E-state index in [1.807, 2.05) is 19.9 Å². The molecule has 1 aromatic rings. The Morgan fingerprint density at radius 2 is 1.67 bits per heavy atom. The van der Waals surface area contributed by atoms with Crippen LogP contribution in [0.1, 0.15) is 58.6 Å². The van der Waals surface area contributed by atoms with Gasteiger partial charge in [-0.25, -0.2) is 0 Å². The average molecular weight is 358 g/mol. The number of hydrogen-bond donors (Lipinski definition) is 1. The standard InChI is InChI=1S/C17H28BrNO2/c1-5-9-10-15(19-6-2)13-11-16(20-7-3)17(21-8-4)12-14(13)18/h11-12,15,19H,5-10H2,1-4H3. The van der Waals surface area contributed by atoms with Crippen molar-refractivity contribution in [3.63, 3.8) is 0 Å². The van der Waals surface area contributed by atoms with Gasteiger partial charge in [-0.15, -0.1) is 0 Å². The number of ether oxygens (including phenoxy) is 2. The van der Waals surface area contributed by atoms with E-state index in [4.69, 9.17) is 9.47 Å². The van der Waals surface area contributed by atoms with E-state index >= 15 is 0 Å². The van der Waals surface area contributed by atoms with Gasteiger partial charge in [-0.2, -0.15) is 0 Å². The predicted molar refractivity (Wildman–Crippen MR) is 92.4 cm³/mol. The third-order valence-corrected chi connectivity index (χ3v) is 4.02. The monoisotopic (exact) mass is 357 g/mol. The summed E-state index contributed by atoms with van der Waals surface area (Å²) >= 11 is 3.69. The zero-order valence-corrected chi connectivity index (χ0v) is 15.3. The molecule has 1 rings (SSSR count). The van der Waals surface area contributed by atoms with Crippen molar-refractivity contribution < 1.29 is 9.47 Å². The molecule has 1 unspecified atom stereocenters. The number of halogens is 1. The lowest BCUT2D eigenvalue weighted by Gasteiger charge is -2.22. The molecule has 1 N–H and O–H groups in total. The van der Waals surface area contributed by atoms with E-state index < -0.39 is 0 Å². The number of nitrogens with one attached hydrogen (secondary N) is 1. The van der Waals surface area contributed by atoms with Gasteiger partial charge in [0, 0.05) is 10.5 Å². The number of benzene rings is 1. The van der Waals surface area contributed by atoms with Crippen LogP contribution < -0.4 is 14.8 Å². The van der Waals surface area contributed by atoms with Crippen LogP contribution in [0.2, 0.25) is 0 Å². The van der Waals surface area contributed by atoms with E-state index in [1.165, 1.54) is 18.4 Å². The second kappa shape index (κ2) is 10.1. The van der Waals surface area contributed by atoms with E-state index in [0.29, 0.717) is 19.3 Å². The van der Waals surface area contributed by atoms with Crippen LogP contribution in [0, 0.1) is 0 Å². The molecule has 0 aliphatic carbocycles. The Balaban J connectivity index is 3.10. The Hall–Kier alpha value is -0.740. The fourth-order valence-corrected chi connectivity index (χ4v) is 2.98. The third kappa shape index (κ3) is 5.51. The van der Waals surface area contributed by atoms with Gasteiger partial charge in [0.1, 0.15) is 0 Å². The van der Waals surface area contributed by atoms with Gasteiger partial charge >= 0.3 is 0 Å². The van der Waals surface area contributed by atoms with Crippen LogP contribution in [0.5, 0.6) is 11.5 Å². The maximum atomic E-state index is 5.74. The third-order valence-electron chi connectivity index (χ3n) is 3.34. The highest BCUT2D eigenvalue weighted by Gasteiger charge is 2.17. The quantitative estimate of drug-likeness (QED) is 0.632. The van der Waals surface area contributed by atoms with Gasteiger partial charge < -0.3 is 14.8 Å². The Morgan fingerprint density at radius 1 is 1.05 bits per heavy atom. The Morgan fingerprint density at radius 3 is 2.19 bits per heavy atom. The summed E-state index contributed by atoms with van der Waals surface area (Å²) < 4.78 is 12.5. The molecule has 0 radical (unpaired) electrons. The molecule has 0 spiro atoms. The summed E-state index contributed by atoms with van der Waals surface area (Å²) in [5.41, 5.74) is 1.25. The lowest BCUT2D eigenvalue weighted by molar-refractivity contribution is 0.286. The molecule has 0 heterocycles. The molecule has 4 heteroatoms. The van der Waals surface area contributed by atoms with Crippen molar-refractivity contribution in [1.29, 1.82) is 0 Å². The molecule has 3 nitrogen and oxygen atoms in total. The molecular formula is C17H28BrNO2. The van der Waals surface area contributed by atoms with Crippen LogP contribution in [0.4, 0.5) is 0 Å². The molecule has 0 aromatic heterocycles. The van der Waals surface area contributed by atoms with Gasteiger partial charge in [-0.1, -0.05) is 42.6 Å². The zero-order valence-electron chi connectivity index (χ0n) is 13.7. The molecule has 1 atom stereocenters. The van der Waals surface area contributed by atoms with Crippen LogP contribution in [0.25, 0.3) is 0 Å². The van der Waals surface area contributed by atoms with Gasteiger partial charge in [0.2, 0.25) is 0 Å². The van der Waals surface area contributed by atoms with Crippen LogP contribution in [-0.2, 0) is 0 Å². The minimum absolute atomic E-state index is 0.346.